The Labute approximate surface area is 305 Å². The molecule has 0 radical (unpaired) electrons. The standard InChI is InChI=1S/C45H60N6/c1-40(2,3)46-25-47(41(4,5)6)35-20-29-28(19-34(35)46)30-21-36-38(50(44(13,14)15)26-48(36)42(7,8)9)23-32(30)33-24-39-37(22-31(29)33)49(43(10,11)12)27-51(39)45(16,17)18/h19-24H,1-18H3. The van der Waals surface area contributed by atoms with Crippen molar-refractivity contribution >= 4 is 65.4 Å². The molecule has 6 nitrogen and oxygen atoms in total. The molecule has 4 aromatic carbocycles. The molecule has 0 atom stereocenters. The molecule has 7 rings (SSSR count). The van der Waals surface area contributed by atoms with Crippen LogP contribution in [-0.2, 0) is 33.2 Å². The molecule has 0 amide bonds. The minimum atomic E-state index is -0.146. The molecule has 6 heteroatoms. The Kier molecular flexibility index (Phi) is 7.20. The molecule has 0 saturated heterocycles. The summed E-state index contributed by atoms with van der Waals surface area (Å²) in [6.07, 6.45) is 11.4. The largest absolute Gasteiger partial charge is 0.340 e. The van der Waals surface area contributed by atoms with Gasteiger partial charge >= 0.3 is 0 Å². The molecule has 0 aliphatic heterocycles. The van der Waals surface area contributed by atoms with E-state index in [1.54, 1.807) is 0 Å². The molecule has 0 fully saturated rings. The zero-order valence-electron chi connectivity index (χ0n) is 34.6. The Balaban J connectivity index is 1.81. The van der Waals surface area contributed by atoms with E-state index in [4.69, 9.17) is 0 Å². The van der Waals surface area contributed by atoms with Crippen LogP contribution in [-0.4, -0.2) is 13.7 Å². The summed E-state index contributed by atoms with van der Waals surface area (Å²) in [7, 11) is 0. The van der Waals surface area contributed by atoms with Crippen molar-refractivity contribution in [1.29, 1.82) is 0 Å². The van der Waals surface area contributed by atoms with Gasteiger partial charge in [0.25, 0.3) is 0 Å². The molecule has 3 aromatic heterocycles. The predicted octanol–water partition coefficient (Wildman–Crippen LogP) is 9.80. The molecule has 0 spiro atoms. The van der Waals surface area contributed by atoms with E-state index >= 15 is 0 Å². The van der Waals surface area contributed by atoms with E-state index in [1.165, 1.54) is 65.4 Å². The molecule has 0 bridgehead atoms. The van der Waals surface area contributed by atoms with E-state index in [0.29, 0.717) is 0 Å². The van der Waals surface area contributed by atoms with Crippen LogP contribution >= 0.6 is 0 Å². The number of hydrogen-bond acceptors (Lipinski definition) is 0. The molecule has 270 valence electrons. The van der Waals surface area contributed by atoms with Gasteiger partial charge in [0.1, 0.15) is 0 Å². The van der Waals surface area contributed by atoms with Crippen molar-refractivity contribution in [3.8, 4) is 0 Å². The van der Waals surface area contributed by atoms with Crippen LogP contribution < -0.4 is 13.7 Å². The van der Waals surface area contributed by atoms with Crippen LogP contribution in [0.1, 0.15) is 125 Å². The van der Waals surface area contributed by atoms with Gasteiger partial charge in [0.05, 0.1) is 33.2 Å². The van der Waals surface area contributed by atoms with Crippen molar-refractivity contribution in [2.75, 3.05) is 0 Å². The molecule has 0 aliphatic carbocycles. The third-order valence-corrected chi connectivity index (χ3v) is 10.3. The number of hydrogen-bond donors (Lipinski definition) is 0. The van der Waals surface area contributed by atoms with Crippen LogP contribution in [0.25, 0.3) is 65.4 Å². The molecule has 0 saturated carbocycles. The second-order valence-electron chi connectivity index (χ2n) is 21.0. The van der Waals surface area contributed by atoms with Gasteiger partial charge in [-0.15, -0.1) is 0 Å². The maximum atomic E-state index is 3.81. The van der Waals surface area contributed by atoms with Gasteiger partial charge in [-0.05, 0) is 157 Å². The molecule has 3 heterocycles. The zero-order valence-corrected chi connectivity index (χ0v) is 34.6. The SMILES string of the molecule is CC(C)(C)n1[c-][n+](C(C)(C)C)c2cc3c(cc21)c1cc2c(cc1c1cc4c(cc31)n(C(C)(C)C)[c-][n+]4C(C)(C)C)n(C(C)(C)C)[c-][n+]2C(C)(C)C. The molecule has 7 aromatic rings. The summed E-state index contributed by atoms with van der Waals surface area (Å²) in [5, 5.41) is 7.55. The minimum absolute atomic E-state index is 0.146. The fraction of sp³-hybridized carbons (Fsp3) is 0.533. The lowest BCUT2D eigenvalue weighted by atomic mass is 9.92. The molecule has 51 heavy (non-hydrogen) atoms. The average Bonchev–Trinajstić information content (AvgIpc) is 3.64. The van der Waals surface area contributed by atoms with E-state index in [2.05, 4.69) is 207 Å². The summed E-state index contributed by atoms with van der Waals surface area (Å²) < 4.78 is 14.1. The van der Waals surface area contributed by atoms with Crippen LogP contribution in [0.3, 0.4) is 0 Å². The van der Waals surface area contributed by atoms with Crippen LogP contribution in [0.2, 0.25) is 0 Å². The number of imidazole rings is 3. The second kappa shape index (κ2) is 10.4. The number of benzene rings is 4. The normalized spacial score (nSPS) is 14.5. The Hall–Kier alpha value is -3.93. The summed E-state index contributed by atoms with van der Waals surface area (Å²) in [4.78, 5) is 0. The fourth-order valence-corrected chi connectivity index (χ4v) is 7.83. The third-order valence-electron chi connectivity index (χ3n) is 10.3. The first kappa shape index (κ1) is 35.5. The Morgan fingerprint density at radius 1 is 0.333 bits per heavy atom. The first-order chi connectivity index (χ1) is 23.1. The molecule has 0 unspecified atom stereocenters. The summed E-state index contributed by atoms with van der Waals surface area (Å²) in [6.45, 7) is 41.0. The summed E-state index contributed by atoms with van der Waals surface area (Å²) in [5.41, 5.74) is 6.32. The van der Waals surface area contributed by atoms with Crippen molar-refractivity contribution in [3.05, 3.63) is 55.4 Å². The number of rotatable bonds is 0. The van der Waals surface area contributed by atoms with E-state index in [9.17, 15) is 0 Å². The Morgan fingerprint density at radius 2 is 0.529 bits per heavy atom. The fourth-order valence-electron chi connectivity index (χ4n) is 7.83. The predicted molar refractivity (Wildman–Crippen MR) is 213 cm³/mol. The van der Waals surface area contributed by atoms with E-state index in [0.717, 1.165) is 0 Å². The highest BCUT2D eigenvalue weighted by Crippen LogP contribution is 2.42. The van der Waals surface area contributed by atoms with Crippen molar-refractivity contribution in [2.24, 2.45) is 0 Å². The van der Waals surface area contributed by atoms with Gasteiger partial charge in [0.2, 0.25) is 19.0 Å². The maximum Gasteiger partial charge on any atom is 0.205 e. The van der Waals surface area contributed by atoms with Gasteiger partial charge in [0, 0.05) is 33.1 Å². The second-order valence-corrected chi connectivity index (χ2v) is 21.0. The highest BCUT2D eigenvalue weighted by molar-refractivity contribution is 6.29. The lowest BCUT2D eigenvalue weighted by Crippen LogP contribution is -2.50. The van der Waals surface area contributed by atoms with Crippen molar-refractivity contribution < 1.29 is 13.7 Å². The summed E-state index contributed by atoms with van der Waals surface area (Å²) in [6, 6.07) is 14.7. The van der Waals surface area contributed by atoms with E-state index in [-0.39, 0.29) is 33.2 Å². The van der Waals surface area contributed by atoms with Gasteiger partial charge in [-0.2, -0.15) is 0 Å². The van der Waals surface area contributed by atoms with Gasteiger partial charge < -0.3 is 27.4 Å². The lowest BCUT2D eigenvalue weighted by molar-refractivity contribution is -0.735. The van der Waals surface area contributed by atoms with E-state index < -0.39 is 0 Å². The topological polar surface area (TPSA) is 26.4 Å². The van der Waals surface area contributed by atoms with Crippen LogP contribution in [0, 0.1) is 19.0 Å². The number of fused-ring (bicyclic) bond motifs is 9. The molecule has 0 aliphatic rings. The van der Waals surface area contributed by atoms with Crippen molar-refractivity contribution in [2.45, 2.75) is 158 Å². The van der Waals surface area contributed by atoms with Gasteiger partial charge in [-0.3, -0.25) is 0 Å². The molecule has 0 N–H and O–H groups in total. The number of aromatic nitrogens is 6. The van der Waals surface area contributed by atoms with Crippen LogP contribution in [0.5, 0.6) is 0 Å². The van der Waals surface area contributed by atoms with E-state index in [1.807, 2.05) is 0 Å². The third kappa shape index (κ3) is 5.46. The Morgan fingerprint density at radius 3 is 0.706 bits per heavy atom. The smallest absolute Gasteiger partial charge is 0.205 e. The average molecular weight is 685 g/mol. The number of nitrogens with zero attached hydrogens (tertiary/aromatic N) is 6. The van der Waals surface area contributed by atoms with Crippen molar-refractivity contribution in [3.63, 3.8) is 0 Å². The summed E-state index contributed by atoms with van der Waals surface area (Å²) in [5.74, 6) is 0. The van der Waals surface area contributed by atoms with Gasteiger partial charge in [0.15, 0.2) is 0 Å². The first-order valence-corrected chi connectivity index (χ1v) is 18.7. The highest BCUT2D eigenvalue weighted by Gasteiger charge is 2.29. The quantitative estimate of drug-likeness (QED) is 0.0864. The van der Waals surface area contributed by atoms with Crippen LogP contribution in [0.4, 0.5) is 0 Å². The van der Waals surface area contributed by atoms with Gasteiger partial charge in [-0.25, -0.2) is 0 Å². The maximum absolute atomic E-state index is 3.81. The molecular weight excluding hydrogens is 625 g/mol. The first-order valence-electron chi connectivity index (χ1n) is 18.7. The summed E-state index contributed by atoms with van der Waals surface area (Å²) >= 11 is 0. The Bertz CT molecular complexity index is 2070. The zero-order chi connectivity index (χ0) is 37.8. The lowest BCUT2D eigenvalue weighted by Gasteiger charge is -2.23. The van der Waals surface area contributed by atoms with Crippen LogP contribution in [0.15, 0.2) is 36.4 Å². The minimum Gasteiger partial charge on any atom is -0.340 e. The monoisotopic (exact) mass is 684 g/mol. The highest BCUT2D eigenvalue weighted by atomic mass is 15.2. The molecular formula is C45H60N6. The van der Waals surface area contributed by atoms with Gasteiger partial charge in [-0.1, -0.05) is 36.4 Å². The van der Waals surface area contributed by atoms with Crippen molar-refractivity contribution in [1.82, 2.24) is 13.7 Å².